The molecule has 1 fully saturated rings. The van der Waals surface area contributed by atoms with Crippen LogP contribution in [-0.4, -0.2) is 71.8 Å². The summed E-state index contributed by atoms with van der Waals surface area (Å²) < 4.78 is 6.03. The number of hydrogen-bond donors (Lipinski definition) is 3. The van der Waals surface area contributed by atoms with Gasteiger partial charge in [0.2, 0.25) is 0 Å². The van der Waals surface area contributed by atoms with E-state index in [1.807, 2.05) is 6.07 Å². The molecule has 3 heterocycles. The maximum absolute atomic E-state index is 12.3. The van der Waals surface area contributed by atoms with Crippen molar-refractivity contribution in [2.24, 2.45) is 0 Å². The number of aliphatic carboxylic acids is 1. The fourth-order valence-electron chi connectivity index (χ4n) is 4.79. The Morgan fingerprint density at radius 2 is 2.06 bits per heavy atom. The number of fused-ring (bicyclic) bond motifs is 1. The maximum Gasteiger partial charge on any atom is 0.326 e. The summed E-state index contributed by atoms with van der Waals surface area (Å²) in [6.07, 6.45) is 6.66. The number of ether oxygens (including phenoxy) is 1. The average molecular weight is 481 g/mol. The number of likely N-dealkylation sites (tertiary alicyclic amines) is 1. The van der Waals surface area contributed by atoms with Crippen molar-refractivity contribution >= 4 is 17.7 Å². The third-order valence-electron chi connectivity index (χ3n) is 6.72. The van der Waals surface area contributed by atoms with Crippen molar-refractivity contribution in [2.45, 2.75) is 57.1 Å². The number of aryl methyl sites for hydroxylation is 2. The standard InChI is InChI=1S/C27H36N4O4/c32-26(21-7-2-1-3-8-21)30-24(27(33)34)14-18-35-23-11-6-17-31(19-23)16-5-10-22-13-12-20-9-4-15-28-25(20)29-22/h1-3,7-8,12-13,23-24H,4-6,9-11,14-19H2,(H,28,29)(H,30,32)(H,33,34)/t23-,24-/m1/s1. The SMILES string of the molecule is O=C(N[C@H](CCO[C@@H]1CCCN(CCCc2ccc3c(n2)NCCC3)C1)C(=O)O)c1ccccc1. The van der Waals surface area contributed by atoms with Gasteiger partial charge in [0.15, 0.2) is 0 Å². The smallest absolute Gasteiger partial charge is 0.326 e. The van der Waals surface area contributed by atoms with Crippen LogP contribution < -0.4 is 10.6 Å². The summed E-state index contributed by atoms with van der Waals surface area (Å²) in [6, 6.07) is 12.0. The number of piperidine rings is 1. The van der Waals surface area contributed by atoms with Crippen LogP contribution in [-0.2, 0) is 22.4 Å². The molecule has 1 aromatic heterocycles. The molecule has 8 nitrogen and oxygen atoms in total. The second-order valence-corrected chi connectivity index (χ2v) is 9.40. The van der Waals surface area contributed by atoms with Gasteiger partial charge in [0.05, 0.1) is 6.10 Å². The molecule has 4 rings (SSSR count). The zero-order valence-corrected chi connectivity index (χ0v) is 20.2. The lowest BCUT2D eigenvalue weighted by Gasteiger charge is -2.32. The number of carboxylic acids is 1. The number of nitrogens with zero attached hydrogens (tertiary/aromatic N) is 2. The van der Waals surface area contributed by atoms with Crippen LogP contribution in [0, 0.1) is 0 Å². The van der Waals surface area contributed by atoms with Crippen LogP contribution in [0.5, 0.6) is 0 Å². The molecule has 2 atom stereocenters. The second-order valence-electron chi connectivity index (χ2n) is 9.40. The molecule has 188 valence electrons. The first kappa shape index (κ1) is 25.1. The van der Waals surface area contributed by atoms with E-state index >= 15 is 0 Å². The first-order valence-electron chi connectivity index (χ1n) is 12.7. The topological polar surface area (TPSA) is 104 Å². The van der Waals surface area contributed by atoms with E-state index < -0.39 is 12.0 Å². The van der Waals surface area contributed by atoms with E-state index in [0.717, 1.165) is 69.8 Å². The first-order chi connectivity index (χ1) is 17.1. The van der Waals surface area contributed by atoms with Crippen molar-refractivity contribution in [3.05, 3.63) is 59.3 Å². The summed E-state index contributed by atoms with van der Waals surface area (Å²) >= 11 is 0. The number of carbonyl (C=O) groups is 2. The lowest BCUT2D eigenvalue weighted by atomic mass is 10.1. The zero-order chi connectivity index (χ0) is 24.5. The van der Waals surface area contributed by atoms with Gasteiger partial charge in [0, 0.05) is 37.4 Å². The van der Waals surface area contributed by atoms with Gasteiger partial charge in [0.25, 0.3) is 5.91 Å². The summed E-state index contributed by atoms with van der Waals surface area (Å²) in [5, 5.41) is 15.5. The highest BCUT2D eigenvalue weighted by Gasteiger charge is 2.23. The van der Waals surface area contributed by atoms with Crippen molar-refractivity contribution in [1.82, 2.24) is 15.2 Å². The molecule has 3 N–H and O–H groups in total. The second kappa shape index (κ2) is 12.7. The number of carbonyl (C=O) groups excluding carboxylic acids is 1. The molecule has 0 aliphatic carbocycles. The van der Waals surface area contributed by atoms with Gasteiger partial charge in [0.1, 0.15) is 11.9 Å². The Labute approximate surface area is 207 Å². The molecular weight excluding hydrogens is 444 g/mol. The van der Waals surface area contributed by atoms with E-state index in [1.54, 1.807) is 24.3 Å². The van der Waals surface area contributed by atoms with E-state index in [2.05, 4.69) is 27.7 Å². The monoisotopic (exact) mass is 480 g/mol. The molecule has 2 aromatic rings. The molecule has 0 radical (unpaired) electrons. The highest BCUT2D eigenvalue weighted by Crippen LogP contribution is 2.20. The minimum atomic E-state index is -1.05. The largest absolute Gasteiger partial charge is 0.480 e. The minimum absolute atomic E-state index is 0.0917. The van der Waals surface area contributed by atoms with E-state index in [0.29, 0.717) is 12.2 Å². The summed E-state index contributed by atoms with van der Waals surface area (Å²) in [4.78, 5) is 31.2. The van der Waals surface area contributed by atoms with Crippen LogP contribution in [0.2, 0.25) is 0 Å². The van der Waals surface area contributed by atoms with Gasteiger partial charge in [-0.15, -0.1) is 0 Å². The predicted octanol–water partition coefficient (Wildman–Crippen LogP) is 3.13. The number of anilines is 1. The third kappa shape index (κ3) is 7.50. The Kier molecular flexibility index (Phi) is 9.08. The molecule has 0 unspecified atom stereocenters. The number of amides is 1. The van der Waals surface area contributed by atoms with Gasteiger partial charge in [-0.3, -0.25) is 4.79 Å². The Morgan fingerprint density at radius 3 is 2.89 bits per heavy atom. The van der Waals surface area contributed by atoms with E-state index in [4.69, 9.17) is 9.72 Å². The first-order valence-corrected chi connectivity index (χ1v) is 12.7. The predicted molar refractivity (Wildman–Crippen MR) is 135 cm³/mol. The molecule has 1 aromatic carbocycles. The van der Waals surface area contributed by atoms with Crippen molar-refractivity contribution in [3.63, 3.8) is 0 Å². The number of nitrogens with one attached hydrogen (secondary N) is 2. The molecule has 0 saturated carbocycles. The highest BCUT2D eigenvalue weighted by molar-refractivity contribution is 5.96. The Morgan fingerprint density at radius 1 is 1.20 bits per heavy atom. The fraction of sp³-hybridized carbons (Fsp3) is 0.519. The van der Waals surface area contributed by atoms with Crippen molar-refractivity contribution in [2.75, 3.05) is 38.1 Å². The molecule has 2 aliphatic rings. The van der Waals surface area contributed by atoms with Crippen LogP contribution >= 0.6 is 0 Å². The normalized spacial score (nSPS) is 18.8. The van der Waals surface area contributed by atoms with Crippen molar-refractivity contribution in [3.8, 4) is 0 Å². The van der Waals surface area contributed by atoms with Crippen LogP contribution in [0.15, 0.2) is 42.5 Å². The lowest BCUT2D eigenvalue weighted by Crippen LogP contribution is -2.43. The number of benzene rings is 1. The lowest BCUT2D eigenvalue weighted by molar-refractivity contribution is -0.140. The van der Waals surface area contributed by atoms with E-state index in [1.165, 1.54) is 12.0 Å². The number of carboxylic acid groups (broad SMARTS) is 1. The van der Waals surface area contributed by atoms with E-state index in [-0.39, 0.29) is 18.4 Å². The molecule has 35 heavy (non-hydrogen) atoms. The maximum atomic E-state index is 12.3. The highest BCUT2D eigenvalue weighted by atomic mass is 16.5. The summed E-state index contributed by atoms with van der Waals surface area (Å²) in [7, 11) is 0. The van der Waals surface area contributed by atoms with E-state index in [9.17, 15) is 14.7 Å². The van der Waals surface area contributed by atoms with Gasteiger partial charge >= 0.3 is 5.97 Å². The number of pyridine rings is 1. The van der Waals surface area contributed by atoms with Crippen molar-refractivity contribution < 1.29 is 19.4 Å². The van der Waals surface area contributed by atoms with Gasteiger partial charge < -0.3 is 25.4 Å². The molecule has 0 bridgehead atoms. The number of rotatable bonds is 11. The number of hydrogen-bond acceptors (Lipinski definition) is 6. The van der Waals surface area contributed by atoms with Crippen LogP contribution in [0.25, 0.3) is 0 Å². The zero-order valence-electron chi connectivity index (χ0n) is 20.2. The van der Waals surface area contributed by atoms with Gasteiger partial charge in [-0.25, -0.2) is 9.78 Å². The van der Waals surface area contributed by atoms with Crippen LogP contribution in [0.3, 0.4) is 0 Å². The van der Waals surface area contributed by atoms with Gasteiger partial charge in [-0.05, 0) is 75.4 Å². The molecule has 8 heteroatoms. The summed E-state index contributed by atoms with van der Waals surface area (Å²) in [5.74, 6) is -0.375. The Balaban J connectivity index is 1.17. The molecule has 0 spiro atoms. The molecule has 2 aliphatic heterocycles. The minimum Gasteiger partial charge on any atom is -0.480 e. The Hall–Kier alpha value is -2.97. The van der Waals surface area contributed by atoms with Crippen LogP contribution in [0.4, 0.5) is 5.82 Å². The van der Waals surface area contributed by atoms with Gasteiger partial charge in [-0.1, -0.05) is 24.3 Å². The molecule has 1 saturated heterocycles. The van der Waals surface area contributed by atoms with Crippen LogP contribution in [0.1, 0.15) is 53.7 Å². The Bertz CT molecular complexity index is 984. The van der Waals surface area contributed by atoms with Gasteiger partial charge in [-0.2, -0.15) is 0 Å². The average Bonchev–Trinajstić information content (AvgIpc) is 2.88. The third-order valence-corrected chi connectivity index (χ3v) is 6.72. The molecule has 1 amide bonds. The fourth-order valence-corrected chi connectivity index (χ4v) is 4.79. The quantitative estimate of drug-likeness (QED) is 0.454. The molecular formula is C27H36N4O4. The van der Waals surface area contributed by atoms with Crippen molar-refractivity contribution in [1.29, 1.82) is 0 Å². The number of aromatic nitrogens is 1. The summed E-state index contributed by atoms with van der Waals surface area (Å²) in [6.45, 7) is 4.22. The summed E-state index contributed by atoms with van der Waals surface area (Å²) in [5.41, 5.74) is 2.91.